The molecule has 2 heteroatoms. The van der Waals surface area contributed by atoms with Crippen LogP contribution in [-0.2, 0) is 11.8 Å². The lowest BCUT2D eigenvalue weighted by Crippen LogP contribution is -2.22. The van der Waals surface area contributed by atoms with Crippen molar-refractivity contribution in [3.05, 3.63) is 34.9 Å². The first-order valence-corrected chi connectivity index (χ1v) is 7.40. The number of nitrogens with one attached hydrogen (secondary N) is 2. The van der Waals surface area contributed by atoms with E-state index >= 15 is 0 Å². The summed E-state index contributed by atoms with van der Waals surface area (Å²) in [4.78, 5) is 0. The van der Waals surface area contributed by atoms with Crippen LogP contribution in [-0.4, -0.2) is 26.7 Å². The van der Waals surface area contributed by atoms with E-state index in [1.54, 1.807) is 0 Å². The molecule has 0 aliphatic rings. The van der Waals surface area contributed by atoms with E-state index in [-0.39, 0.29) is 5.41 Å². The first kappa shape index (κ1) is 16.2. The van der Waals surface area contributed by atoms with Crippen LogP contribution in [0.4, 0.5) is 0 Å². The Balaban J connectivity index is 2.49. The van der Waals surface area contributed by atoms with Crippen LogP contribution in [0.2, 0.25) is 0 Å². The van der Waals surface area contributed by atoms with E-state index in [0.29, 0.717) is 0 Å². The number of aryl methyl sites for hydroxylation is 1. The van der Waals surface area contributed by atoms with Gasteiger partial charge in [-0.25, -0.2) is 0 Å². The summed E-state index contributed by atoms with van der Waals surface area (Å²) < 4.78 is 0. The Morgan fingerprint density at radius 2 is 1.79 bits per heavy atom. The van der Waals surface area contributed by atoms with E-state index in [1.807, 2.05) is 7.05 Å². The lowest BCUT2D eigenvalue weighted by atomic mass is 9.85. The topological polar surface area (TPSA) is 24.1 Å². The summed E-state index contributed by atoms with van der Waals surface area (Å²) in [6.45, 7) is 12.3. The van der Waals surface area contributed by atoms with Crippen molar-refractivity contribution in [1.82, 2.24) is 10.6 Å². The molecule has 0 unspecified atom stereocenters. The van der Waals surface area contributed by atoms with Crippen molar-refractivity contribution in [2.45, 2.75) is 46.0 Å². The van der Waals surface area contributed by atoms with Crippen LogP contribution in [0.5, 0.6) is 0 Å². The molecule has 0 aromatic heterocycles. The molecule has 0 fully saturated rings. The Morgan fingerprint density at radius 1 is 1.05 bits per heavy atom. The molecule has 0 spiro atoms. The van der Waals surface area contributed by atoms with Crippen LogP contribution in [0, 0.1) is 6.92 Å². The van der Waals surface area contributed by atoms with E-state index in [0.717, 1.165) is 26.1 Å². The van der Waals surface area contributed by atoms with Gasteiger partial charge in [-0.1, -0.05) is 39.0 Å². The fourth-order valence-electron chi connectivity index (χ4n) is 2.15. The van der Waals surface area contributed by atoms with E-state index in [9.17, 15) is 0 Å². The summed E-state index contributed by atoms with van der Waals surface area (Å²) >= 11 is 0. The summed E-state index contributed by atoms with van der Waals surface area (Å²) in [6.07, 6.45) is 2.31. The summed E-state index contributed by atoms with van der Waals surface area (Å²) in [5, 5.41) is 6.68. The maximum absolute atomic E-state index is 3.51. The van der Waals surface area contributed by atoms with Gasteiger partial charge >= 0.3 is 0 Å². The Morgan fingerprint density at radius 3 is 2.42 bits per heavy atom. The van der Waals surface area contributed by atoms with Gasteiger partial charge in [0.15, 0.2) is 0 Å². The molecule has 2 nitrogen and oxygen atoms in total. The van der Waals surface area contributed by atoms with Crippen LogP contribution < -0.4 is 10.6 Å². The third kappa shape index (κ3) is 5.75. The van der Waals surface area contributed by atoms with Crippen LogP contribution in [0.25, 0.3) is 0 Å². The molecule has 1 rings (SSSR count). The van der Waals surface area contributed by atoms with Gasteiger partial charge in [-0.3, -0.25) is 0 Å². The van der Waals surface area contributed by atoms with E-state index < -0.39 is 0 Å². The molecule has 1 aromatic carbocycles. The average Bonchev–Trinajstić information content (AvgIpc) is 2.34. The average molecular weight is 262 g/mol. The van der Waals surface area contributed by atoms with Crippen molar-refractivity contribution in [2.24, 2.45) is 0 Å². The molecule has 108 valence electrons. The second-order valence-electron chi connectivity index (χ2n) is 6.35. The minimum absolute atomic E-state index is 0.239. The highest BCUT2D eigenvalue weighted by atomic mass is 14.9. The molecule has 0 bridgehead atoms. The molecule has 0 heterocycles. The molecule has 0 atom stereocenters. The molecular formula is C17H30N2. The van der Waals surface area contributed by atoms with Gasteiger partial charge in [0, 0.05) is 0 Å². The highest BCUT2D eigenvalue weighted by Crippen LogP contribution is 2.24. The van der Waals surface area contributed by atoms with Gasteiger partial charge in [0.1, 0.15) is 0 Å². The highest BCUT2D eigenvalue weighted by molar-refractivity contribution is 5.34. The predicted molar refractivity (Wildman–Crippen MR) is 85.0 cm³/mol. The Labute approximate surface area is 119 Å². The number of rotatable bonds is 7. The molecule has 0 amide bonds. The molecule has 2 N–H and O–H groups in total. The van der Waals surface area contributed by atoms with Crippen molar-refractivity contribution >= 4 is 0 Å². The van der Waals surface area contributed by atoms with Crippen molar-refractivity contribution < 1.29 is 0 Å². The zero-order valence-corrected chi connectivity index (χ0v) is 13.3. The predicted octanol–water partition coefficient (Wildman–Crippen LogP) is 3.03. The molecule has 1 aromatic rings. The monoisotopic (exact) mass is 262 g/mol. The molecule has 0 saturated heterocycles. The minimum Gasteiger partial charge on any atom is -0.320 e. The molecule has 0 aliphatic heterocycles. The summed E-state index contributed by atoms with van der Waals surface area (Å²) in [5.74, 6) is 0. The zero-order valence-electron chi connectivity index (χ0n) is 13.3. The van der Waals surface area contributed by atoms with Gasteiger partial charge < -0.3 is 10.6 Å². The molecular weight excluding hydrogens is 232 g/mol. The van der Waals surface area contributed by atoms with Crippen molar-refractivity contribution in [3.63, 3.8) is 0 Å². The normalized spacial score (nSPS) is 11.8. The molecule has 0 radical (unpaired) electrons. The maximum atomic E-state index is 3.51. The number of benzene rings is 1. The quantitative estimate of drug-likeness (QED) is 0.738. The smallest absolute Gasteiger partial charge is 0.000824 e. The Kier molecular flexibility index (Phi) is 6.53. The summed E-state index contributed by atoms with van der Waals surface area (Å²) in [7, 11) is 2.00. The van der Waals surface area contributed by atoms with Gasteiger partial charge in [-0.2, -0.15) is 0 Å². The molecule has 19 heavy (non-hydrogen) atoms. The van der Waals surface area contributed by atoms with Gasteiger partial charge in [-0.15, -0.1) is 0 Å². The van der Waals surface area contributed by atoms with Gasteiger partial charge in [0.2, 0.25) is 0 Å². The molecule has 0 saturated carbocycles. The van der Waals surface area contributed by atoms with Crippen LogP contribution >= 0.6 is 0 Å². The standard InChI is InChI=1S/C17H30N2/c1-14-7-8-16(17(2,3)4)13-15(14)9-12-19-11-6-10-18-5/h7-8,13,18-19H,6,9-12H2,1-5H3. The maximum Gasteiger partial charge on any atom is -0.000824 e. The zero-order chi connectivity index (χ0) is 14.3. The summed E-state index contributed by atoms with van der Waals surface area (Å²) in [6, 6.07) is 6.90. The molecule has 0 aliphatic carbocycles. The van der Waals surface area contributed by atoms with Gasteiger partial charge in [0.05, 0.1) is 0 Å². The van der Waals surface area contributed by atoms with Crippen molar-refractivity contribution in [1.29, 1.82) is 0 Å². The van der Waals surface area contributed by atoms with Crippen molar-refractivity contribution in [3.8, 4) is 0 Å². The van der Waals surface area contributed by atoms with E-state index in [1.165, 1.54) is 23.1 Å². The second kappa shape index (κ2) is 7.66. The number of hydrogen-bond acceptors (Lipinski definition) is 2. The Hall–Kier alpha value is -0.860. The van der Waals surface area contributed by atoms with Gasteiger partial charge in [0.25, 0.3) is 0 Å². The van der Waals surface area contributed by atoms with E-state index in [4.69, 9.17) is 0 Å². The Bertz CT molecular complexity index is 377. The lowest BCUT2D eigenvalue weighted by molar-refractivity contribution is 0.587. The third-order valence-corrected chi connectivity index (χ3v) is 3.57. The minimum atomic E-state index is 0.239. The van der Waals surface area contributed by atoms with Crippen LogP contribution in [0.15, 0.2) is 18.2 Å². The van der Waals surface area contributed by atoms with Crippen LogP contribution in [0.1, 0.15) is 43.9 Å². The first-order chi connectivity index (χ1) is 8.95. The second-order valence-corrected chi connectivity index (χ2v) is 6.35. The number of hydrogen-bond donors (Lipinski definition) is 2. The largest absolute Gasteiger partial charge is 0.320 e. The summed E-state index contributed by atoms with van der Waals surface area (Å²) in [5.41, 5.74) is 4.56. The van der Waals surface area contributed by atoms with Crippen molar-refractivity contribution in [2.75, 3.05) is 26.7 Å². The third-order valence-electron chi connectivity index (χ3n) is 3.57. The van der Waals surface area contributed by atoms with Crippen LogP contribution in [0.3, 0.4) is 0 Å². The van der Waals surface area contributed by atoms with Gasteiger partial charge in [-0.05, 0) is 68.6 Å². The van der Waals surface area contributed by atoms with E-state index in [2.05, 4.69) is 56.5 Å². The first-order valence-electron chi connectivity index (χ1n) is 7.40. The fourth-order valence-corrected chi connectivity index (χ4v) is 2.15. The SMILES string of the molecule is CNCCCNCCc1cc(C(C)(C)C)ccc1C. The highest BCUT2D eigenvalue weighted by Gasteiger charge is 2.14. The fraction of sp³-hybridized carbons (Fsp3) is 0.647. The lowest BCUT2D eigenvalue weighted by Gasteiger charge is -2.21.